The molecular weight excluding hydrogens is 256 g/mol. The molecule has 0 radical (unpaired) electrons. The van der Waals surface area contributed by atoms with Crippen LogP contribution < -0.4 is 0 Å². The average molecular weight is 267 g/mol. The number of rotatable bonds is 1. The highest BCUT2D eigenvalue weighted by Gasteiger charge is 2.35. The molecule has 0 N–H and O–H groups in total. The molecule has 0 unspecified atom stereocenters. The molecule has 2 heterocycles. The van der Waals surface area contributed by atoms with E-state index in [1.54, 1.807) is 0 Å². The minimum Gasteiger partial charge on any atom is -0.381 e. The number of hydrogen-bond donors (Lipinski definition) is 0. The lowest BCUT2D eigenvalue weighted by Gasteiger charge is -2.30. The van der Waals surface area contributed by atoms with Crippen LogP contribution in [-0.2, 0) is 10.2 Å². The first-order valence-corrected chi connectivity index (χ1v) is 5.68. The Morgan fingerprint density at radius 3 is 2.73 bits per heavy atom. The van der Waals surface area contributed by atoms with Gasteiger partial charge >= 0.3 is 0 Å². The van der Waals surface area contributed by atoms with Crippen molar-refractivity contribution >= 4 is 15.9 Å². The average Bonchev–Trinajstić information content (AvgIpc) is 2.30. The third-order valence-electron chi connectivity index (χ3n) is 2.77. The Morgan fingerprint density at radius 2 is 2.13 bits per heavy atom. The molecule has 0 spiro atoms. The first-order chi connectivity index (χ1) is 7.27. The van der Waals surface area contributed by atoms with Gasteiger partial charge < -0.3 is 4.74 Å². The van der Waals surface area contributed by atoms with Crippen LogP contribution in [0.2, 0.25) is 0 Å². The van der Waals surface area contributed by atoms with Gasteiger partial charge in [-0.2, -0.15) is 5.26 Å². The van der Waals surface area contributed by atoms with Gasteiger partial charge in [0.15, 0.2) is 0 Å². The number of halogens is 1. The summed E-state index contributed by atoms with van der Waals surface area (Å²) in [7, 11) is 0. The summed E-state index contributed by atoms with van der Waals surface area (Å²) in [5.41, 5.74) is 0.393. The number of nitriles is 1. The summed E-state index contributed by atoms with van der Waals surface area (Å²) in [5.74, 6) is 0. The molecule has 0 saturated carbocycles. The number of ether oxygens (including phenoxy) is 1. The highest BCUT2D eigenvalue weighted by Crippen LogP contribution is 2.33. The molecule has 1 aliphatic rings. The fourth-order valence-electron chi connectivity index (χ4n) is 1.82. The molecular formula is C11H11BrN2O. The molecule has 15 heavy (non-hydrogen) atoms. The predicted molar refractivity (Wildman–Crippen MR) is 59.3 cm³/mol. The molecule has 4 heteroatoms. The van der Waals surface area contributed by atoms with Gasteiger partial charge in [-0.15, -0.1) is 0 Å². The Bertz CT molecular complexity index is 394. The van der Waals surface area contributed by atoms with E-state index in [2.05, 4.69) is 27.0 Å². The van der Waals surface area contributed by atoms with Crippen LogP contribution in [0.3, 0.4) is 0 Å². The first-order valence-electron chi connectivity index (χ1n) is 4.89. The van der Waals surface area contributed by atoms with Crippen LogP contribution in [0.4, 0.5) is 0 Å². The molecule has 0 atom stereocenters. The summed E-state index contributed by atoms with van der Waals surface area (Å²) >= 11 is 3.33. The molecule has 1 saturated heterocycles. The number of hydrogen-bond acceptors (Lipinski definition) is 3. The standard InChI is InChI=1S/C11H11BrN2O/c12-10-3-1-2-9(14-10)11(8-13)4-6-15-7-5-11/h1-3H,4-7H2. The van der Waals surface area contributed by atoms with Gasteiger partial charge in [-0.1, -0.05) is 6.07 Å². The van der Waals surface area contributed by atoms with E-state index in [-0.39, 0.29) is 0 Å². The van der Waals surface area contributed by atoms with Gasteiger partial charge in [-0.05, 0) is 40.9 Å². The topological polar surface area (TPSA) is 45.9 Å². The Morgan fingerprint density at radius 1 is 1.40 bits per heavy atom. The van der Waals surface area contributed by atoms with Crippen molar-refractivity contribution < 1.29 is 4.74 Å². The molecule has 0 aliphatic carbocycles. The molecule has 1 aromatic heterocycles. The van der Waals surface area contributed by atoms with Crippen LogP contribution in [0.5, 0.6) is 0 Å². The molecule has 2 rings (SSSR count). The second kappa shape index (κ2) is 4.30. The van der Waals surface area contributed by atoms with Gasteiger partial charge in [-0.3, -0.25) is 0 Å². The van der Waals surface area contributed by atoms with Crippen LogP contribution in [0, 0.1) is 11.3 Å². The quantitative estimate of drug-likeness (QED) is 0.734. The second-order valence-corrected chi connectivity index (χ2v) is 4.46. The summed E-state index contributed by atoms with van der Waals surface area (Å²) in [6.45, 7) is 1.28. The number of nitrogens with zero attached hydrogens (tertiary/aromatic N) is 2. The Balaban J connectivity index is 2.37. The lowest BCUT2D eigenvalue weighted by molar-refractivity contribution is 0.0663. The van der Waals surface area contributed by atoms with Crippen molar-refractivity contribution in [3.63, 3.8) is 0 Å². The largest absolute Gasteiger partial charge is 0.381 e. The smallest absolute Gasteiger partial charge is 0.106 e. The molecule has 78 valence electrons. The van der Waals surface area contributed by atoms with Gasteiger partial charge in [0.05, 0.1) is 11.8 Å². The van der Waals surface area contributed by atoms with Crippen LogP contribution in [0.1, 0.15) is 18.5 Å². The van der Waals surface area contributed by atoms with Gasteiger partial charge in [0.1, 0.15) is 10.0 Å². The predicted octanol–water partition coefficient (Wildman–Crippen LogP) is 2.42. The van der Waals surface area contributed by atoms with Crippen LogP contribution in [0.25, 0.3) is 0 Å². The van der Waals surface area contributed by atoms with Crippen molar-refractivity contribution in [2.24, 2.45) is 0 Å². The number of pyridine rings is 1. The van der Waals surface area contributed by atoms with Crippen LogP contribution in [0.15, 0.2) is 22.8 Å². The van der Waals surface area contributed by atoms with E-state index in [4.69, 9.17) is 4.74 Å². The maximum absolute atomic E-state index is 9.32. The van der Waals surface area contributed by atoms with Crippen molar-refractivity contribution in [1.82, 2.24) is 4.98 Å². The molecule has 1 aromatic rings. The lowest BCUT2D eigenvalue weighted by atomic mass is 9.78. The van der Waals surface area contributed by atoms with Gasteiger partial charge in [-0.25, -0.2) is 4.98 Å². The molecule has 3 nitrogen and oxygen atoms in total. The third-order valence-corrected chi connectivity index (χ3v) is 3.21. The summed E-state index contributed by atoms with van der Waals surface area (Å²) in [4.78, 5) is 4.38. The van der Waals surface area contributed by atoms with Crippen molar-refractivity contribution in [1.29, 1.82) is 5.26 Å². The van der Waals surface area contributed by atoms with E-state index >= 15 is 0 Å². The maximum atomic E-state index is 9.32. The molecule has 0 amide bonds. The van der Waals surface area contributed by atoms with Crippen LogP contribution in [-0.4, -0.2) is 18.2 Å². The zero-order chi connectivity index (χ0) is 10.7. The van der Waals surface area contributed by atoms with Crippen molar-refractivity contribution in [2.75, 3.05) is 13.2 Å². The lowest BCUT2D eigenvalue weighted by Crippen LogP contribution is -2.33. The Labute approximate surface area is 97.2 Å². The SMILES string of the molecule is N#CC1(c2cccc(Br)n2)CCOCC1. The Hall–Kier alpha value is -0.920. The monoisotopic (exact) mass is 266 g/mol. The summed E-state index contributed by atoms with van der Waals surface area (Å²) in [6.07, 6.45) is 1.46. The molecule has 1 fully saturated rings. The summed E-state index contributed by atoms with van der Waals surface area (Å²) < 4.78 is 6.07. The van der Waals surface area contributed by atoms with E-state index in [9.17, 15) is 5.26 Å². The van der Waals surface area contributed by atoms with E-state index in [0.717, 1.165) is 23.1 Å². The summed E-state index contributed by atoms with van der Waals surface area (Å²) in [5, 5.41) is 9.32. The van der Waals surface area contributed by atoms with Gasteiger partial charge in [0.2, 0.25) is 0 Å². The normalized spacial score (nSPS) is 19.5. The van der Waals surface area contributed by atoms with Crippen molar-refractivity contribution in [3.05, 3.63) is 28.5 Å². The second-order valence-electron chi connectivity index (χ2n) is 3.65. The van der Waals surface area contributed by atoms with E-state index < -0.39 is 5.41 Å². The van der Waals surface area contributed by atoms with Gasteiger partial charge in [0.25, 0.3) is 0 Å². The number of aromatic nitrogens is 1. The highest BCUT2D eigenvalue weighted by atomic mass is 79.9. The van der Waals surface area contributed by atoms with Crippen molar-refractivity contribution in [3.8, 4) is 6.07 Å². The zero-order valence-electron chi connectivity index (χ0n) is 8.24. The van der Waals surface area contributed by atoms with E-state index in [1.165, 1.54) is 0 Å². The van der Waals surface area contributed by atoms with Crippen molar-refractivity contribution in [2.45, 2.75) is 18.3 Å². The minimum absolute atomic E-state index is 0.456. The first kappa shape index (κ1) is 10.6. The fraction of sp³-hybridized carbons (Fsp3) is 0.455. The molecule has 1 aliphatic heterocycles. The maximum Gasteiger partial charge on any atom is 0.106 e. The highest BCUT2D eigenvalue weighted by molar-refractivity contribution is 9.10. The van der Waals surface area contributed by atoms with Gasteiger partial charge in [0, 0.05) is 13.2 Å². The zero-order valence-corrected chi connectivity index (χ0v) is 9.83. The molecule has 0 bridgehead atoms. The molecule has 0 aromatic carbocycles. The van der Waals surface area contributed by atoms with E-state index in [1.807, 2.05) is 18.2 Å². The minimum atomic E-state index is -0.456. The third kappa shape index (κ3) is 2.04. The summed E-state index contributed by atoms with van der Waals surface area (Å²) in [6, 6.07) is 8.10. The fourth-order valence-corrected chi connectivity index (χ4v) is 2.16. The van der Waals surface area contributed by atoms with Crippen LogP contribution >= 0.6 is 15.9 Å². The van der Waals surface area contributed by atoms with E-state index in [0.29, 0.717) is 13.2 Å². The Kier molecular flexibility index (Phi) is 3.03.